The molecule has 0 rings (SSSR count). The molecule has 66 valence electrons. The number of methoxy groups -OCH3 is 1. The molecule has 0 heterocycles. The fraction of sp³-hybridized carbons (Fsp3) is 1.00. The highest BCUT2D eigenvalue weighted by Crippen LogP contribution is 1.67. The van der Waals surface area contributed by atoms with Crippen LogP contribution in [0.25, 0.3) is 0 Å². The molecule has 0 spiro atoms. The number of nitrogens with one attached hydrogen (secondary N) is 2. The van der Waals surface area contributed by atoms with Crippen LogP contribution in [0, 0.1) is 10.1 Å². The number of hydrogen-bond acceptors (Lipinski definition) is 5. The normalized spacial score (nSPS) is 12.5. The molecule has 0 saturated heterocycles. The zero-order valence-corrected chi connectivity index (χ0v) is 6.24. The second kappa shape index (κ2) is 5.83. The van der Waals surface area contributed by atoms with Crippen molar-refractivity contribution in [3.63, 3.8) is 0 Å². The Morgan fingerprint density at radius 2 is 2.45 bits per heavy atom. The summed E-state index contributed by atoms with van der Waals surface area (Å²) in [4.78, 5) is 9.79. The molecule has 11 heavy (non-hydrogen) atoms. The summed E-state index contributed by atoms with van der Waals surface area (Å²) in [5.41, 5.74) is 7.03. The van der Waals surface area contributed by atoms with Crippen LogP contribution >= 0.6 is 0 Å². The smallest absolute Gasteiger partial charge is 0.187 e. The Bertz CT molecular complexity index is 120. The van der Waals surface area contributed by atoms with Crippen molar-refractivity contribution < 1.29 is 9.77 Å². The van der Waals surface area contributed by atoms with Crippen LogP contribution in [0.3, 0.4) is 0 Å². The van der Waals surface area contributed by atoms with Crippen LogP contribution in [0.5, 0.6) is 0 Å². The van der Waals surface area contributed by atoms with E-state index in [1.54, 1.807) is 0 Å². The molecular formula is C4H12N4O3. The zero-order chi connectivity index (χ0) is 8.69. The summed E-state index contributed by atoms with van der Waals surface area (Å²) >= 11 is 0. The first kappa shape index (κ1) is 10.1. The van der Waals surface area contributed by atoms with Crippen molar-refractivity contribution in [3.05, 3.63) is 10.1 Å². The van der Waals surface area contributed by atoms with Gasteiger partial charge in [-0.1, -0.05) is 0 Å². The van der Waals surface area contributed by atoms with Crippen molar-refractivity contribution in [2.24, 2.45) is 5.73 Å². The quantitative estimate of drug-likeness (QED) is 0.186. The van der Waals surface area contributed by atoms with Crippen molar-refractivity contribution in [2.45, 2.75) is 6.29 Å². The molecule has 0 saturated carbocycles. The lowest BCUT2D eigenvalue weighted by atomic mass is 10.6. The Hall–Kier alpha value is -0.920. The molecule has 7 heteroatoms. The van der Waals surface area contributed by atoms with E-state index in [1.165, 1.54) is 7.11 Å². The van der Waals surface area contributed by atoms with E-state index in [0.717, 1.165) is 0 Å². The summed E-state index contributed by atoms with van der Waals surface area (Å²) in [5.74, 6) is 0. The van der Waals surface area contributed by atoms with Crippen LogP contribution in [0.4, 0.5) is 0 Å². The first-order chi connectivity index (χ1) is 5.16. The topological polar surface area (TPSA) is 102 Å². The average Bonchev–Trinajstić information content (AvgIpc) is 1.86. The molecule has 0 amide bonds. The molecule has 0 aliphatic carbocycles. The van der Waals surface area contributed by atoms with Gasteiger partial charge < -0.3 is 4.74 Å². The highest BCUT2D eigenvalue weighted by atomic mass is 16.7. The fourth-order valence-electron chi connectivity index (χ4n) is 0.476. The van der Waals surface area contributed by atoms with Gasteiger partial charge in [0.15, 0.2) is 11.3 Å². The summed E-state index contributed by atoms with van der Waals surface area (Å²) in [6, 6.07) is 0. The number of ether oxygens (including phenoxy) is 1. The number of rotatable bonds is 6. The number of nitrogens with zero attached hydrogens (tertiary/aromatic N) is 1. The molecule has 0 aromatic rings. The van der Waals surface area contributed by atoms with Crippen LogP contribution in [0.1, 0.15) is 0 Å². The van der Waals surface area contributed by atoms with Crippen LogP contribution in [-0.2, 0) is 4.74 Å². The van der Waals surface area contributed by atoms with Gasteiger partial charge in [0.25, 0.3) is 0 Å². The summed E-state index contributed by atoms with van der Waals surface area (Å²) in [6.07, 6.45) is -0.833. The number of nitrogens with two attached hydrogens (primary N) is 1. The van der Waals surface area contributed by atoms with E-state index in [2.05, 4.69) is 10.1 Å². The molecule has 0 radical (unpaired) electrons. The van der Waals surface area contributed by atoms with Gasteiger partial charge in [-0.15, -0.1) is 5.43 Å². The Labute approximate surface area is 64.0 Å². The van der Waals surface area contributed by atoms with Crippen molar-refractivity contribution in [1.82, 2.24) is 10.7 Å². The fourth-order valence-corrected chi connectivity index (χ4v) is 0.476. The average molecular weight is 164 g/mol. The Balaban J connectivity index is 3.22. The molecule has 0 aromatic heterocycles. The predicted molar refractivity (Wildman–Crippen MR) is 38.0 cm³/mol. The van der Waals surface area contributed by atoms with Gasteiger partial charge in [-0.05, 0) is 0 Å². The first-order valence-electron chi connectivity index (χ1n) is 3.05. The van der Waals surface area contributed by atoms with Crippen molar-refractivity contribution in [3.8, 4) is 0 Å². The summed E-state index contributed by atoms with van der Waals surface area (Å²) in [5, 5.41) is 11.7. The zero-order valence-electron chi connectivity index (χ0n) is 6.24. The number of hydrogen-bond donors (Lipinski definition) is 3. The van der Waals surface area contributed by atoms with Crippen LogP contribution in [0.15, 0.2) is 0 Å². The lowest BCUT2D eigenvalue weighted by Gasteiger charge is -2.08. The molecule has 0 aliphatic rings. The molecule has 0 aliphatic heterocycles. The SMILES string of the molecule is COCCNC(N)N[N+](=O)[O-]. The molecule has 1 atom stereocenters. The van der Waals surface area contributed by atoms with Gasteiger partial charge in [0.1, 0.15) is 0 Å². The van der Waals surface area contributed by atoms with Gasteiger partial charge in [0.2, 0.25) is 0 Å². The van der Waals surface area contributed by atoms with Gasteiger partial charge in [-0.25, -0.2) is 10.1 Å². The van der Waals surface area contributed by atoms with Gasteiger partial charge in [-0.3, -0.25) is 11.1 Å². The van der Waals surface area contributed by atoms with Crippen LogP contribution < -0.4 is 16.5 Å². The molecular weight excluding hydrogens is 152 g/mol. The summed E-state index contributed by atoms with van der Waals surface area (Å²) < 4.78 is 4.68. The molecule has 0 aromatic carbocycles. The van der Waals surface area contributed by atoms with E-state index < -0.39 is 11.3 Å². The lowest BCUT2D eigenvalue weighted by Crippen LogP contribution is -2.52. The van der Waals surface area contributed by atoms with Gasteiger partial charge >= 0.3 is 0 Å². The molecule has 0 bridgehead atoms. The maximum absolute atomic E-state index is 9.79. The number of hydrazine groups is 1. The Morgan fingerprint density at radius 1 is 1.82 bits per heavy atom. The molecule has 7 nitrogen and oxygen atoms in total. The largest absolute Gasteiger partial charge is 0.383 e. The van der Waals surface area contributed by atoms with E-state index in [-0.39, 0.29) is 0 Å². The minimum Gasteiger partial charge on any atom is -0.383 e. The maximum Gasteiger partial charge on any atom is 0.187 e. The van der Waals surface area contributed by atoms with Gasteiger partial charge in [-0.2, -0.15) is 0 Å². The van der Waals surface area contributed by atoms with E-state index in [1.807, 2.05) is 5.43 Å². The van der Waals surface area contributed by atoms with Gasteiger partial charge in [0, 0.05) is 13.7 Å². The molecule has 4 N–H and O–H groups in total. The highest BCUT2D eigenvalue weighted by Gasteiger charge is 2.03. The third-order valence-corrected chi connectivity index (χ3v) is 0.915. The molecule has 0 fully saturated rings. The van der Waals surface area contributed by atoms with Crippen molar-refractivity contribution in [1.29, 1.82) is 0 Å². The van der Waals surface area contributed by atoms with Crippen molar-refractivity contribution >= 4 is 0 Å². The monoisotopic (exact) mass is 164 g/mol. The standard InChI is InChI=1S/C4H12N4O3/c1-11-3-2-6-4(5)7-8(9)10/h4,6-7H,2-3,5H2,1H3. The van der Waals surface area contributed by atoms with E-state index >= 15 is 0 Å². The van der Waals surface area contributed by atoms with Gasteiger partial charge in [0.05, 0.1) is 6.61 Å². The maximum atomic E-state index is 9.79. The van der Waals surface area contributed by atoms with E-state index in [9.17, 15) is 10.1 Å². The highest BCUT2D eigenvalue weighted by molar-refractivity contribution is 4.48. The Morgan fingerprint density at radius 3 is 2.91 bits per heavy atom. The predicted octanol–water partition coefficient (Wildman–Crippen LogP) is -1.75. The first-order valence-corrected chi connectivity index (χ1v) is 3.05. The summed E-state index contributed by atoms with van der Waals surface area (Å²) in [6.45, 7) is 0.936. The van der Waals surface area contributed by atoms with Crippen molar-refractivity contribution in [2.75, 3.05) is 20.3 Å². The third kappa shape index (κ3) is 6.97. The minimum atomic E-state index is -0.833. The molecule has 1 unspecified atom stereocenters. The Kier molecular flexibility index (Phi) is 5.35. The number of nitro groups is 1. The lowest BCUT2D eigenvalue weighted by molar-refractivity contribution is -0.552. The van der Waals surface area contributed by atoms with E-state index in [4.69, 9.17) is 5.73 Å². The summed E-state index contributed by atoms with van der Waals surface area (Å²) in [7, 11) is 1.54. The third-order valence-electron chi connectivity index (χ3n) is 0.915. The van der Waals surface area contributed by atoms with Crippen LogP contribution in [-0.4, -0.2) is 31.6 Å². The minimum absolute atomic E-state index is 0.465. The van der Waals surface area contributed by atoms with E-state index in [0.29, 0.717) is 13.2 Å². The second-order valence-electron chi connectivity index (χ2n) is 1.81. The van der Waals surface area contributed by atoms with Crippen LogP contribution in [0.2, 0.25) is 0 Å². The second-order valence-corrected chi connectivity index (χ2v) is 1.81.